The summed E-state index contributed by atoms with van der Waals surface area (Å²) in [6.45, 7) is 0. The molecule has 0 aliphatic rings. The Hall–Kier alpha value is -3.28. The van der Waals surface area contributed by atoms with Gasteiger partial charge in [0.25, 0.3) is 5.91 Å². The molecule has 0 fully saturated rings. The number of fused-ring (bicyclic) bond motifs is 1. The number of aryl methyl sites for hydroxylation is 1. The van der Waals surface area contributed by atoms with Gasteiger partial charge in [0.15, 0.2) is 0 Å². The van der Waals surface area contributed by atoms with E-state index in [4.69, 9.17) is 9.47 Å². The number of para-hydroxylation sites is 2. The number of carbonyl (C=O) groups is 1. The van der Waals surface area contributed by atoms with Crippen molar-refractivity contribution in [3.05, 3.63) is 64.4 Å². The van der Waals surface area contributed by atoms with Gasteiger partial charge in [0.2, 0.25) is 5.43 Å². The summed E-state index contributed by atoms with van der Waals surface area (Å²) in [6.07, 6.45) is 1.53. The molecule has 2 aromatic carbocycles. The van der Waals surface area contributed by atoms with Crippen molar-refractivity contribution in [1.82, 2.24) is 4.57 Å². The predicted molar refractivity (Wildman–Crippen MR) is 96.7 cm³/mol. The average Bonchev–Trinajstić information content (AvgIpc) is 2.64. The van der Waals surface area contributed by atoms with Crippen LogP contribution in [0.4, 0.5) is 5.69 Å². The Kier molecular flexibility index (Phi) is 4.43. The van der Waals surface area contributed by atoms with Crippen molar-refractivity contribution in [3.63, 3.8) is 0 Å². The van der Waals surface area contributed by atoms with Gasteiger partial charge in [-0.25, -0.2) is 0 Å². The van der Waals surface area contributed by atoms with E-state index >= 15 is 0 Å². The van der Waals surface area contributed by atoms with E-state index in [0.717, 1.165) is 5.52 Å². The topological polar surface area (TPSA) is 69.6 Å². The van der Waals surface area contributed by atoms with Gasteiger partial charge < -0.3 is 19.4 Å². The van der Waals surface area contributed by atoms with Crippen LogP contribution in [0.2, 0.25) is 0 Å². The lowest BCUT2D eigenvalue weighted by atomic mass is 10.1. The molecule has 0 aliphatic heterocycles. The molecule has 1 N–H and O–H groups in total. The van der Waals surface area contributed by atoms with E-state index < -0.39 is 5.91 Å². The van der Waals surface area contributed by atoms with Crippen molar-refractivity contribution in [3.8, 4) is 11.5 Å². The van der Waals surface area contributed by atoms with Gasteiger partial charge in [-0.15, -0.1) is 0 Å². The third-order valence-corrected chi connectivity index (χ3v) is 4.00. The standard InChI is InChI=1S/C19H18N2O4/c1-21-11-14(18(22)13-10-12(24-2)8-9-16(13)21)19(23)20-15-6-4-5-7-17(15)25-3/h4-11H,1-3H3,(H,20,23). The van der Waals surface area contributed by atoms with E-state index in [9.17, 15) is 9.59 Å². The van der Waals surface area contributed by atoms with Crippen molar-refractivity contribution in [1.29, 1.82) is 0 Å². The van der Waals surface area contributed by atoms with Gasteiger partial charge >= 0.3 is 0 Å². The molecule has 0 spiro atoms. The van der Waals surface area contributed by atoms with Crippen molar-refractivity contribution < 1.29 is 14.3 Å². The lowest BCUT2D eigenvalue weighted by Gasteiger charge is -2.12. The number of hydrogen-bond acceptors (Lipinski definition) is 4. The second-order valence-corrected chi connectivity index (χ2v) is 5.52. The van der Waals surface area contributed by atoms with Crippen LogP contribution >= 0.6 is 0 Å². The van der Waals surface area contributed by atoms with Crippen molar-refractivity contribution >= 4 is 22.5 Å². The third-order valence-electron chi connectivity index (χ3n) is 4.00. The van der Waals surface area contributed by atoms with Crippen LogP contribution in [-0.2, 0) is 7.05 Å². The number of ether oxygens (including phenoxy) is 2. The van der Waals surface area contributed by atoms with E-state index in [-0.39, 0.29) is 11.0 Å². The average molecular weight is 338 g/mol. The zero-order valence-electron chi connectivity index (χ0n) is 14.2. The van der Waals surface area contributed by atoms with Gasteiger partial charge in [0.1, 0.15) is 17.1 Å². The Morgan fingerprint density at radius 3 is 2.56 bits per heavy atom. The van der Waals surface area contributed by atoms with E-state index in [1.54, 1.807) is 54.1 Å². The number of hydrogen-bond donors (Lipinski definition) is 1. The quantitative estimate of drug-likeness (QED) is 0.794. The Morgan fingerprint density at radius 2 is 1.84 bits per heavy atom. The molecule has 0 saturated carbocycles. The lowest BCUT2D eigenvalue weighted by Crippen LogP contribution is -2.23. The van der Waals surface area contributed by atoms with Crippen LogP contribution in [-0.4, -0.2) is 24.7 Å². The van der Waals surface area contributed by atoms with Gasteiger partial charge in [-0.1, -0.05) is 12.1 Å². The Balaban J connectivity index is 2.07. The van der Waals surface area contributed by atoms with E-state index in [1.807, 2.05) is 0 Å². The number of aromatic nitrogens is 1. The summed E-state index contributed by atoms with van der Waals surface area (Å²) in [5.74, 6) is 0.594. The number of anilines is 1. The van der Waals surface area contributed by atoms with Crippen LogP contribution in [0, 0.1) is 0 Å². The summed E-state index contributed by atoms with van der Waals surface area (Å²) in [6, 6.07) is 12.2. The van der Waals surface area contributed by atoms with E-state index in [1.165, 1.54) is 20.4 Å². The van der Waals surface area contributed by atoms with Crippen LogP contribution < -0.4 is 20.2 Å². The van der Waals surface area contributed by atoms with Gasteiger partial charge in [0, 0.05) is 13.2 Å². The minimum Gasteiger partial charge on any atom is -0.497 e. The van der Waals surface area contributed by atoms with Gasteiger partial charge in [0.05, 0.1) is 30.8 Å². The van der Waals surface area contributed by atoms with E-state index in [2.05, 4.69) is 5.32 Å². The molecule has 0 atom stereocenters. The highest BCUT2D eigenvalue weighted by molar-refractivity contribution is 6.06. The fourth-order valence-corrected chi connectivity index (χ4v) is 2.70. The number of nitrogens with zero attached hydrogens (tertiary/aromatic N) is 1. The molecule has 3 aromatic rings. The molecule has 1 amide bonds. The summed E-state index contributed by atoms with van der Waals surface area (Å²) in [4.78, 5) is 25.4. The number of carbonyl (C=O) groups excluding carboxylic acids is 1. The molecular weight excluding hydrogens is 320 g/mol. The molecule has 0 saturated heterocycles. The van der Waals surface area contributed by atoms with Gasteiger partial charge in [-0.05, 0) is 30.3 Å². The molecule has 0 radical (unpaired) electrons. The van der Waals surface area contributed by atoms with Crippen molar-refractivity contribution in [2.45, 2.75) is 0 Å². The first kappa shape index (κ1) is 16.6. The maximum atomic E-state index is 12.8. The van der Waals surface area contributed by atoms with E-state index in [0.29, 0.717) is 22.6 Å². The highest BCUT2D eigenvalue weighted by Gasteiger charge is 2.16. The van der Waals surface area contributed by atoms with Gasteiger partial charge in [-0.3, -0.25) is 9.59 Å². The Morgan fingerprint density at radius 1 is 1.08 bits per heavy atom. The minimum absolute atomic E-state index is 0.0501. The number of pyridine rings is 1. The van der Waals surface area contributed by atoms with Crippen LogP contribution in [0.5, 0.6) is 11.5 Å². The van der Waals surface area contributed by atoms with Crippen LogP contribution in [0.3, 0.4) is 0 Å². The first-order valence-electron chi connectivity index (χ1n) is 7.67. The summed E-state index contributed by atoms with van der Waals surface area (Å²) >= 11 is 0. The molecule has 0 aliphatic carbocycles. The molecule has 1 heterocycles. The molecule has 6 heteroatoms. The fraction of sp³-hybridized carbons (Fsp3) is 0.158. The summed E-state index contributed by atoms with van der Waals surface area (Å²) in [7, 11) is 4.84. The van der Waals surface area contributed by atoms with Crippen molar-refractivity contribution in [2.24, 2.45) is 7.05 Å². The smallest absolute Gasteiger partial charge is 0.261 e. The molecule has 1 aromatic heterocycles. The summed E-state index contributed by atoms with van der Waals surface area (Å²) in [5, 5.41) is 3.16. The SMILES string of the molecule is COc1ccc2c(c1)c(=O)c(C(=O)Nc1ccccc1OC)cn2C. The second-order valence-electron chi connectivity index (χ2n) is 5.52. The number of methoxy groups -OCH3 is 2. The maximum Gasteiger partial charge on any atom is 0.261 e. The second kappa shape index (κ2) is 6.68. The number of amides is 1. The largest absolute Gasteiger partial charge is 0.497 e. The zero-order valence-corrected chi connectivity index (χ0v) is 14.2. The number of benzene rings is 2. The van der Waals surface area contributed by atoms with Crippen LogP contribution in [0.15, 0.2) is 53.5 Å². The highest BCUT2D eigenvalue weighted by Crippen LogP contribution is 2.24. The third kappa shape index (κ3) is 3.06. The van der Waals surface area contributed by atoms with Crippen LogP contribution in [0.25, 0.3) is 10.9 Å². The van der Waals surface area contributed by atoms with Crippen LogP contribution in [0.1, 0.15) is 10.4 Å². The first-order chi connectivity index (χ1) is 12.0. The zero-order chi connectivity index (χ0) is 18.0. The molecule has 3 rings (SSSR count). The summed E-state index contributed by atoms with van der Waals surface area (Å²) < 4.78 is 12.1. The van der Waals surface area contributed by atoms with Gasteiger partial charge in [-0.2, -0.15) is 0 Å². The Bertz CT molecular complexity index is 1010. The highest BCUT2D eigenvalue weighted by atomic mass is 16.5. The summed E-state index contributed by atoms with van der Waals surface area (Å²) in [5.41, 5.74) is 0.927. The molecule has 25 heavy (non-hydrogen) atoms. The number of nitrogens with one attached hydrogen (secondary N) is 1. The molecule has 6 nitrogen and oxygen atoms in total. The monoisotopic (exact) mass is 338 g/mol. The normalized spacial score (nSPS) is 10.5. The predicted octanol–water partition coefficient (Wildman–Crippen LogP) is 2.81. The first-order valence-corrected chi connectivity index (χ1v) is 7.67. The molecule has 0 bridgehead atoms. The lowest BCUT2D eigenvalue weighted by molar-refractivity contribution is 0.102. The minimum atomic E-state index is -0.491. The molecule has 0 unspecified atom stereocenters. The molecule has 128 valence electrons. The number of rotatable bonds is 4. The Labute approximate surface area is 144 Å². The van der Waals surface area contributed by atoms with Crippen molar-refractivity contribution in [2.75, 3.05) is 19.5 Å². The molecular formula is C19H18N2O4. The maximum absolute atomic E-state index is 12.8. The fourth-order valence-electron chi connectivity index (χ4n) is 2.70.